The first kappa shape index (κ1) is 33.3. The lowest BCUT2D eigenvalue weighted by molar-refractivity contribution is -0.151. The van der Waals surface area contributed by atoms with Crippen LogP contribution < -0.4 is 14.8 Å². The number of amides is 2. The fourth-order valence-corrected chi connectivity index (χ4v) is 6.21. The molecule has 0 spiro atoms. The van der Waals surface area contributed by atoms with Crippen LogP contribution >= 0.6 is 0 Å². The average molecular weight is 613 g/mol. The highest BCUT2D eigenvalue weighted by Crippen LogP contribution is 2.35. The molecule has 0 saturated carbocycles. The standard InChI is InChI=1S/C33H48N4O7/c1-7-22-26-19-37(27(22)31(39)40)30(38)28(33(4,5)6)36-32(41)43-20(3)14-12-10-9-11-13-15-24-29(44-26)35-25-18-21(42-8-2)16-17-23(25)34-24/h16-18,20,22,26-28H,7-15,19H2,1-6H3,(H,36,41)(H,39,40)/t20-,22+,26-,27-,28+/m0/s1. The number of aliphatic carboxylic acids is 1. The van der Waals surface area contributed by atoms with Gasteiger partial charge in [-0.2, -0.15) is 0 Å². The van der Waals surface area contributed by atoms with E-state index >= 15 is 0 Å². The van der Waals surface area contributed by atoms with Crippen LogP contribution in [0.3, 0.4) is 0 Å². The van der Waals surface area contributed by atoms with Crippen LogP contribution in [0.2, 0.25) is 0 Å². The van der Waals surface area contributed by atoms with Gasteiger partial charge < -0.3 is 29.5 Å². The molecule has 0 radical (unpaired) electrons. The smallest absolute Gasteiger partial charge is 0.408 e. The second-order valence-corrected chi connectivity index (χ2v) is 13.0. The van der Waals surface area contributed by atoms with Crippen LogP contribution in [-0.4, -0.2) is 75.4 Å². The number of benzene rings is 1. The van der Waals surface area contributed by atoms with Gasteiger partial charge >= 0.3 is 12.1 Å². The van der Waals surface area contributed by atoms with Crippen LogP contribution in [0.15, 0.2) is 18.2 Å². The number of carboxylic acids is 1. The monoisotopic (exact) mass is 612 g/mol. The van der Waals surface area contributed by atoms with Crippen LogP contribution in [0, 0.1) is 11.3 Å². The number of hydrogen-bond acceptors (Lipinski definition) is 8. The molecule has 2 bridgehead atoms. The number of alkyl carbamates (subject to hydrolysis) is 1. The molecule has 1 aromatic carbocycles. The largest absolute Gasteiger partial charge is 0.494 e. The molecule has 2 N–H and O–H groups in total. The Morgan fingerprint density at radius 3 is 2.48 bits per heavy atom. The van der Waals surface area contributed by atoms with Gasteiger partial charge in [0.1, 0.15) is 35.7 Å². The zero-order valence-corrected chi connectivity index (χ0v) is 26.9. The predicted octanol–water partition coefficient (Wildman–Crippen LogP) is 5.52. The number of carbonyl (C=O) groups excluding carboxylic acids is 2. The fraction of sp³-hybridized carbons (Fsp3) is 0.667. The molecule has 4 rings (SSSR count). The van der Waals surface area contributed by atoms with Crippen molar-refractivity contribution < 1.29 is 33.7 Å². The fourth-order valence-electron chi connectivity index (χ4n) is 6.21. The van der Waals surface area contributed by atoms with Gasteiger partial charge in [-0.15, -0.1) is 0 Å². The van der Waals surface area contributed by atoms with Crippen LogP contribution in [0.4, 0.5) is 4.79 Å². The van der Waals surface area contributed by atoms with Crippen molar-refractivity contribution in [1.29, 1.82) is 0 Å². The number of nitrogens with zero attached hydrogens (tertiary/aromatic N) is 3. The number of fused-ring (bicyclic) bond motifs is 4. The molecule has 11 nitrogen and oxygen atoms in total. The van der Waals surface area contributed by atoms with Gasteiger partial charge in [-0.05, 0) is 63.5 Å². The number of hydrogen-bond donors (Lipinski definition) is 2. The SMILES string of the molecule is CCOc1ccc2nc3c(nc2c1)O[C@H]1CN(C(=O)[C@H](C(C)(C)C)NC(=O)O[C@@H](C)CCCCCCC3)[C@H](C(=O)O)[C@@H]1CC. The summed E-state index contributed by atoms with van der Waals surface area (Å²) in [5, 5.41) is 13.1. The predicted molar refractivity (Wildman–Crippen MR) is 166 cm³/mol. The van der Waals surface area contributed by atoms with E-state index in [1.165, 1.54) is 4.90 Å². The average Bonchev–Trinajstić information content (AvgIpc) is 3.32. The van der Waals surface area contributed by atoms with Gasteiger partial charge in [-0.1, -0.05) is 47.0 Å². The Hall–Kier alpha value is -3.63. The molecule has 11 heteroatoms. The molecule has 242 valence electrons. The van der Waals surface area contributed by atoms with Crippen LogP contribution in [-0.2, 0) is 20.7 Å². The highest BCUT2D eigenvalue weighted by atomic mass is 16.6. The Balaban J connectivity index is 1.75. The maximum Gasteiger partial charge on any atom is 0.408 e. The zero-order chi connectivity index (χ0) is 32.0. The quantitative estimate of drug-likeness (QED) is 0.456. The number of aromatic nitrogens is 2. The Kier molecular flexibility index (Phi) is 10.9. The minimum Gasteiger partial charge on any atom is -0.494 e. The number of cyclic esters (lactones) is 1. The zero-order valence-electron chi connectivity index (χ0n) is 26.9. The maximum absolute atomic E-state index is 14.1. The third kappa shape index (κ3) is 7.90. The van der Waals surface area contributed by atoms with Gasteiger partial charge in [0.05, 0.1) is 24.2 Å². The van der Waals surface area contributed by atoms with Crippen LogP contribution in [0.5, 0.6) is 11.6 Å². The van der Waals surface area contributed by atoms with Crippen molar-refractivity contribution in [3.63, 3.8) is 0 Å². The molecule has 1 fully saturated rings. The number of carbonyl (C=O) groups is 3. The summed E-state index contributed by atoms with van der Waals surface area (Å²) in [5.41, 5.74) is 1.35. The van der Waals surface area contributed by atoms with Crippen molar-refractivity contribution in [3.8, 4) is 11.6 Å². The molecule has 2 aliphatic rings. The molecule has 2 aliphatic heterocycles. The molecule has 3 heterocycles. The summed E-state index contributed by atoms with van der Waals surface area (Å²) in [6.07, 6.45) is 5.04. The van der Waals surface area contributed by atoms with E-state index in [1.807, 2.05) is 59.7 Å². The normalized spacial score (nSPS) is 26.0. The Bertz CT molecular complexity index is 1330. The van der Waals surface area contributed by atoms with Gasteiger partial charge in [-0.25, -0.2) is 19.6 Å². The van der Waals surface area contributed by atoms with Crippen molar-refractivity contribution in [3.05, 3.63) is 23.9 Å². The van der Waals surface area contributed by atoms with Gasteiger partial charge in [0.15, 0.2) is 0 Å². The number of carboxylic acid groups (broad SMARTS) is 1. The summed E-state index contributed by atoms with van der Waals surface area (Å²) in [7, 11) is 0. The first-order chi connectivity index (χ1) is 20.9. The van der Waals surface area contributed by atoms with E-state index in [4.69, 9.17) is 24.2 Å². The topological polar surface area (TPSA) is 140 Å². The Morgan fingerprint density at radius 1 is 1.07 bits per heavy atom. The lowest BCUT2D eigenvalue weighted by Crippen LogP contribution is -2.57. The van der Waals surface area contributed by atoms with Gasteiger partial charge in [0.25, 0.3) is 0 Å². The molecule has 5 atom stereocenters. The first-order valence-electron chi connectivity index (χ1n) is 16.0. The summed E-state index contributed by atoms with van der Waals surface area (Å²) >= 11 is 0. The van der Waals surface area contributed by atoms with Crippen LogP contribution in [0.1, 0.15) is 92.2 Å². The molecule has 1 saturated heterocycles. The summed E-state index contributed by atoms with van der Waals surface area (Å²) in [5.74, 6) is -1.07. The molecule has 44 heavy (non-hydrogen) atoms. The minimum atomic E-state index is -1.13. The second kappa shape index (κ2) is 14.4. The van der Waals surface area contributed by atoms with E-state index < -0.39 is 47.5 Å². The highest BCUT2D eigenvalue weighted by Gasteiger charge is 2.51. The van der Waals surface area contributed by atoms with Gasteiger partial charge in [-0.3, -0.25) is 4.79 Å². The van der Waals surface area contributed by atoms with E-state index in [-0.39, 0.29) is 12.6 Å². The third-order valence-electron chi connectivity index (χ3n) is 8.56. The highest BCUT2D eigenvalue weighted by molar-refractivity contribution is 5.90. The lowest BCUT2D eigenvalue weighted by atomic mass is 9.85. The van der Waals surface area contributed by atoms with Crippen molar-refractivity contribution in [1.82, 2.24) is 20.2 Å². The Morgan fingerprint density at radius 2 is 1.80 bits per heavy atom. The second-order valence-electron chi connectivity index (χ2n) is 13.0. The van der Waals surface area contributed by atoms with Crippen molar-refractivity contribution in [2.75, 3.05) is 13.2 Å². The number of aryl methyl sites for hydroxylation is 1. The third-order valence-corrected chi connectivity index (χ3v) is 8.56. The van der Waals surface area contributed by atoms with Gasteiger partial charge in [0, 0.05) is 12.0 Å². The molecule has 2 amide bonds. The molecular weight excluding hydrogens is 564 g/mol. The van der Waals surface area contributed by atoms with Gasteiger partial charge in [0.2, 0.25) is 11.8 Å². The van der Waals surface area contributed by atoms with E-state index in [9.17, 15) is 19.5 Å². The number of ether oxygens (including phenoxy) is 3. The van der Waals surface area contributed by atoms with E-state index in [0.29, 0.717) is 48.7 Å². The van der Waals surface area contributed by atoms with E-state index in [1.54, 1.807) is 0 Å². The summed E-state index contributed by atoms with van der Waals surface area (Å²) in [6.45, 7) is 11.7. The van der Waals surface area contributed by atoms with E-state index in [0.717, 1.165) is 37.6 Å². The first-order valence-corrected chi connectivity index (χ1v) is 16.0. The Labute approximate surface area is 260 Å². The molecule has 2 aromatic rings. The van der Waals surface area contributed by atoms with Crippen molar-refractivity contribution in [2.24, 2.45) is 11.3 Å². The van der Waals surface area contributed by atoms with Crippen LogP contribution in [0.25, 0.3) is 11.0 Å². The summed E-state index contributed by atoms with van der Waals surface area (Å²) in [4.78, 5) is 50.8. The summed E-state index contributed by atoms with van der Waals surface area (Å²) < 4.78 is 17.8. The minimum absolute atomic E-state index is 0.0339. The van der Waals surface area contributed by atoms with E-state index in [2.05, 4.69) is 5.32 Å². The molecular formula is C33H48N4O7. The molecule has 0 aliphatic carbocycles. The lowest BCUT2D eigenvalue weighted by Gasteiger charge is -2.35. The number of rotatable bonds is 4. The van der Waals surface area contributed by atoms with Crippen molar-refractivity contribution in [2.45, 2.75) is 117 Å². The van der Waals surface area contributed by atoms with Crippen molar-refractivity contribution >= 4 is 29.0 Å². The summed E-state index contributed by atoms with van der Waals surface area (Å²) in [6, 6.07) is 3.45. The number of nitrogens with one attached hydrogen (secondary N) is 1. The maximum atomic E-state index is 14.1. The molecule has 1 aromatic heterocycles. The molecule has 0 unspecified atom stereocenters.